The monoisotopic (exact) mass is 317 g/mol. The summed E-state index contributed by atoms with van der Waals surface area (Å²) in [5.41, 5.74) is 0. The van der Waals surface area contributed by atoms with Crippen molar-refractivity contribution in [3.8, 4) is 0 Å². The molecule has 0 nitrogen and oxygen atoms in total. The fourth-order valence-electron chi connectivity index (χ4n) is 0. The quantitative estimate of drug-likeness (QED) is 0.533. The average Bonchev–Trinajstić information content (AvgIpc) is 0. The smallest absolute Gasteiger partial charge is 0 e. The normalized spacial score (nSPS) is 0. The summed E-state index contributed by atoms with van der Waals surface area (Å²) < 4.78 is 0. The molecule has 0 aliphatic carbocycles. The molecule has 0 aromatic carbocycles. The van der Waals surface area contributed by atoms with Crippen molar-refractivity contribution in [3.63, 3.8) is 0 Å². The Bertz CT molecular complexity index is 3.90. The van der Waals surface area contributed by atoms with Crippen LogP contribution >= 0.6 is 0 Å². The summed E-state index contributed by atoms with van der Waals surface area (Å²) in [6, 6.07) is 0. The second-order valence-corrected chi connectivity index (χ2v) is 0. The predicted molar refractivity (Wildman–Crippen MR) is 5.75 cm³/mol. The van der Waals surface area contributed by atoms with Crippen LogP contribution in [0.2, 0.25) is 0 Å². The van der Waals surface area contributed by atoms with Crippen molar-refractivity contribution in [1.82, 2.24) is 0 Å². The van der Waals surface area contributed by atoms with E-state index >= 15 is 0 Å². The second kappa shape index (κ2) is 43.6. The summed E-state index contributed by atoms with van der Waals surface area (Å²) in [6.45, 7) is 0. The first-order valence-electron chi connectivity index (χ1n) is 0. The van der Waals surface area contributed by atoms with Crippen LogP contribution in [0.1, 0.15) is 0 Å². The fraction of sp³-hybridized carbons (Fsp3) is 0. The minimum Gasteiger partial charge on any atom is 0 e. The zero-order valence-electron chi connectivity index (χ0n) is 2.16. The van der Waals surface area contributed by atoms with Crippen LogP contribution in [0.4, 0.5) is 0 Å². The van der Waals surface area contributed by atoms with Gasteiger partial charge >= 0.3 is 0 Å². The van der Waals surface area contributed by atoms with Gasteiger partial charge in [0.15, 0.2) is 0 Å². The first-order chi connectivity index (χ1) is 0. The Morgan fingerprint density at radius 3 is 0.333 bits per heavy atom. The zero-order chi connectivity index (χ0) is 0. The minimum absolute atomic E-state index is 0. The fourth-order valence-corrected chi connectivity index (χ4v) is 0. The third-order valence-electron chi connectivity index (χ3n) is 0. The molecule has 0 aromatic heterocycles. The molecule has 0 saturated heterocycles. The van der Waals surface area contributed by atoms with Crippen LogP contribution in [-0.4, -0.2) is 17.4 Å². The maximum Gasteiger partial charge on any atom is 0 e. The number of rotatable bonds is 0. The van der Waals surface area contributed by atoms with E-state index in [1.807, 2.05) is 0 Å². The molecule has 0 spiro atoms. The molecule has 0 aliphatic rings. The Kier molecular flexibility index (Phi) is 465. The van der Waals surface area contributed by atoms with Gasteiger partial charge in [0.1, 0.15) is 0 Å². The molecule has 53 valence electrons. The molecule has 0 aliphatic heterocycles. The van der Waals surface area contributed by atoms with Gasteiger partial charge in [-0.25, -0.2) is 0 Å². The van der Waals surface area contributed by atoms with Crippen molar-refractivity contribution < 1.29 is 82.5 Å². The van der Waals surface area contributed by atoms with Gasteiger partial charge in [-0.1, -0.05) is 0 Å². The van der Waals surface area contributed by atoms with E-state index in [-0.39, 0.29) is 99.8 Å². The Labute approximate surface area is 98.5 Å². The van der Waals surface area contributed by atoms with Crippen LogP contribution in [0, 0.1) is 0 Å². The molecular weight excluding hydrogens is 320 g/mol. The van der Waals surface area contributed by atoms with Crippen molar-refractivity contribution in [2.24, 2.45) is 0 Å². The van der Waals surface area contributed by atoms with Gasteiger partial charge in [0, 0.05) is 99.8 Å². The Morgan fingerprint density at radius 2 is 0.333 bits per heavy atom. The van der Waals surface area contributed by atoms with Crippen LogP contribution in [0.25, 0.3) is 0 Å². The van der Waals surface area contributed by atoms with Gasteiger partial charge in [0.05, 0.1) is 0 Å². The van der Waals surface area contributed by atoms with E-state index in [0.717, 1.165) is 0 Å². The standard InChI is InChI=1S/Al.5Ni. The van der Waals surface area contributed by atoms with Crippen molar-refractivity contribution in [2.45, 2.75) is 0 Å². The van der Waals surface area contributed by atoms with E-state index in [9.17, 15) is 0 Å². The van der Waals surface area contributed by atoms with Crippen LogP contribution in [0.15, 0.2) is 0 Å². The van der Waals surface area contributed by atoms with Crippen LogP contribution in [0.3, 0.4) is 0 Å². The SMILES string of the molecule is [Al].[Ni].[Ni].[Ni].[Ni].[Ni]. The molecule has 0 atom stereocenters. The second-order valence-electron chi connectivity index (χ2n) is 0. The molecule has 0 aromatic rings. The van der Waals surface area contributed by atoms with Crippen LogP contribution in [0.5, 0.6) is 0 Å². The molecule has 0 amide bonds. The molecule has 0 bridgehead atoms. The number of hydrogen-bond acceptors (Lipinski definition) is 0. The van der Waals surface area contributed by atoms with E-state index in [4.69, 9.17) is 0 Å². The largest absolute Gasteiger partial charge is 0 e. The van der Waals surface area contributed by atoms with Crippen LogP contribution < -0.4 is 0 Å². The first kappa shape index (κ1) is 64.0. The Morgan fingerprint density at radius 1 is 0.333 bits per heavy atom. The van der Waals surface area contributed by atoms with Gasteiger partial charge in [-0.3, -0.25) is 0 Å². The molecule has 6 heavy (non-hydrogen) atoms. The molecule has 0 heterocycles. The van der Waals surface area contributed by atoms with Gasteiger partial charge < -0.3 is 0 Å². The minimum atomic E-state index is 0. The van der Waals surface area contributed by atoms with Gasteiger partial charge in [0.25, 0.3) is 0 Å². The predicted octanol–water partition coefficient (Wildman–Crippen LogP) is -0.393. The van der Waals surface area contributed by atoms with Gasteiger partial charge in [-0.15, -0.1) is 0 Å². The maximum atomic E-state index is 0. The average molecular weight is 320 g/mol. The van der Waals surface area contributed by atoms with Crippen molar-refractivity contribution >= 4 is 17.4 Å². The topological polar surface area (TPSA) is 0 Å². The summed E-state index contributed by atoms with van der Waals surface area (Å²) in [6.07, 6.45) is 0. The van der Waals surface area contributed by atoms with Crippen molar-refractivity contribution in [3.05, 3.63) is 0 Å². The molecule has 0 saturated carbocycles. The third-order valence-corrected chi connectivity index (χ3v) is 0. The third kappa shape index (κ3) is 28.0. The van der Waals surface area contributed by atoms with Gasteiger partial charge in [-0.2, -0.15) is 0 Å². The van der Waals surface area contributed by atoms with E-state index in [1.165, 1.54) is 0 Å². The number of hydrogen-bond donors (Lipinski definition) is 0. The summed E-state index contributed by atoms with van der Waals surface area (Å²) in [5.74, 6) is 0. The summed E-state index contributed by atoms with van der Waals surface area (Å²) in [5, 5.41) is 0. The van der Waals surface area contributed by atoms with Gasteiger partial charge in [0.2, 0.25) is 0 Å². The molecule has 0 N–H and O–H groups in total. The molecule has 6 heteroatoms. The van der Waals surface area contributed by atoms with Crippen molar-refractivity contribution in [1.29, 1.82) is 0 Å². The Hall–Kier alpha value is 3.00. The molecule has 3 radical (unpaired) electrons. The first-order valence-corrected chi connectivity index (χ1v) is 0. The molecule has 0 rings (SSSR count). The van der Waals surface area contributed by atoms with E-state index in [1.54, 1.807) is 0 Å². The zero-order valence-corrected chi connectivity index (χ0v) is 8.25. The summed E-state index contributed by atoms with van der Waals surface area (Å²) >= 11 is 0. The van der Waals surface area contributed by atoms with E-state index in [2.05, 4.69) is 0 Å². The maximum absolute atomic E-state index is 0. The molecule has 0 fully saturated rings. The summed E-state index contributed by atoms with van der Waals surface area (Å²) in [4.78, 5) is 0. The summed E-state index contributed by atoms with van der Waals surface area (Å²) in [7, 11) is 0. The van der Waals surface area contributed by atoms with E-state index in [0.29, 0.717) is 0 Å². The Balaban J connectivity index is 0. The molecular formula is AlNi5. The van der Waals surface area contributed by atoms with Gasteiger partial charge in [-0.05, 0) is 0 Å². The molecule has 0 unspecified atom stereocenters. The van der Waals surface area contributed by atoms with Crippen molar-refractivity contribution in [2.75, 3.05) is 0 Å². The van der Waals surface area contributed by atoms with Crippen LogP contribution in [-0.2, 0) is 82.5 Å². The van der Waals surface area contributed by atoms with E-state index < -0.39 is 0 Å².